The summed E-state index contributed by atoms with van der Waals surface area (Å²) >= 11 is 0. The molecule has 0 aromatic carbocycles. The van der Waals surface area contributed by atoms with Crippen LogP contribution < -0.4 is 10.6 Å². The quantitative estimate of drug-likeness (QED) is 0.672. The lowest BCUT2D eigenvalue weighted by Crippen LogP contribution is -2.46. The topological polar surface area (TPSA) is 78.4 Å². The van der Waals surface area contributed by atoms with Crippen LogP contribution in [0.15, 0.2) is 0 Å². The number of carbonyl (C=O) groups excluding carboxylic acids is 1. The number of carbonyl (C=O) groups is 2. The van der Waals surface area contributed by atoms with E-state index in [1.54, 1.807) is 0 Å². The van der Waals surface area contributed by atoms with E-state index in [0.717, 1.165) is 0 Å². The van der Waals surface area contributed by atoms with Crippen LogP contribution in [-0.4, -0.2) is 30.2 Å². The van der Waals surface area contributed by atoms with Crippen molar-refractivity contribution in [3.63, 3.8) is 0 Å². The molecule has 3 N–H and O–H groups in total. The van der Waals surface area contributed by atoms with Gasteiger partial charge in [0.15, 0.2) is 0 Å². The summed E-state index contributed by atoms with van der Waals surface area (Å²) < 4.78 is 0. The molecule has 0 spiro atoms. The minimum absolute atomic E-state index is 0.182. The Hall–Kier alpha value is -1.26. The van der Waals surface area contributed by atoms with Gasteiger partial charge >= 0.3 is 12.0 Å². The molecule has 1 saturated carbocycles. The van der Waals surface area contributed by atoms with E-state index < -0.39 is 11.4 Å². The molecule has 5 nitrogen and oxygen atoms in total. The zero-order chi connectivity index (χ0) is 15.2. The second-order valence-corrected chi connectivity index (χ2v) is 6.02. The van der Waals surface area contributed by atoms with Gasteiger partial charge in [-0.25, -0.2) is 4.79 Å². The first-order chi connectivity index (χ1) is 9.45. The summed E-state index contributed by atoms with van der Waals surface area (Å²) in [4.78, 5) is 23.1. The fourth-order valence-corrected chi connectivity index (χ4v) is 2.94. The summed E-state index contributed by atoms with van der Waals surface area (Å²) in [6, 6.07) is -0.253. The first-order valence-electron chi connectivity index (χ1n) is 7.70. The molecule has 0 radical (unpaired) electrons. The number of urea groups is 1. The molecular weight excluding hydrogens is 256 g/mol. The normalized spacial score (nSPS) is 22.6. The van der Waals surface area contributed by atoms with Gasteiger partial charge in [-0.1, -0.05) is 33.6 Å². The highest BCUT2D eigenvalue weighted by Gasteiger charge is 2.35. The number of carboxylic acid groups (broad SMARTS) is 1. The Morgan fingerprint density at radius 1 is 1.20 bits per heavy atom. The molecule has 1 aliphatic rings. The fourth-order valence-electron chi connectivity index (χ4n) is 2.94. The smallest absolute Gasteiger partial charge is 0.314 e. The van der Waals surface area contributed by atoms with Crippen LogP contribution in [0.1, 0.15) is 52.9 Å². The van der Waals surface area contributed by atoms with E-state index in [1.807, 2.05) is 13.8 Å². The van der Waals surface area contributed by atoms with Crippen LogP contribution in [0.2, 0.25) is 0 Å². The average molecular weight is 284 g/mol. The van der Waals surface area contributed by atoms with Crippen LogP contribution in [-0.2, 0) is 4.79 Å². The Balaban J connectivity index is 2.36. The van der Waals surface area contributed by atoms with Gasteiger partial charge in [-0.05, 0) is 31.1 Å². The second kappa shape index (κ2) is 7.50. The molecular formula is C15H28N2O3. The van der Waals surface area contributed by atoms with Crippen molar-refractivity contribution in [2.45, 2.75) is 52.9 Å². The maximum Gasteiger partial charge on any atom is 0.314 e. The van der Waals surface area contributed by atoms with Crippen LogP contribution in [0.4, 0.5) is 4.79 Å². The predicted molar refractivity (Wildman–Crippen MR) is 78.6 cm³/mol. The van der Waals surface area contributed by atoms with E-state index in [1.165, 1.54) is 19.3 Å². The lowest BCUT2D eigenvalue weighted by molar-refractivity contribution is -0.149. The molecule has 1 fully saturated rings. The number of amides is 2. The maximum absolute atomic E-state index is 11.8. The van der Waals surface area contributed by atoms with Crippen LogP contribution in [0.25, 0.3) is 0 Å². The summed E-state index contributed by atoms with van der Waals surface area (Å²) in [7, 11) is 0. The largest absolute Gasteiger partial charge is 0.481 e. The molecule has 0 aliphatic heterocycles. The van der Waals surface area contributed by atoms with E-state index >= 15 is 0 Å². The lowest BCUT2D eigenvalue weighted by Gasteiger charge is -2.27. The van der Waals surface area contributed by atoms with E-state index in [4.69, 9.17) is 0 Å². The standard InChI is InChI=1S/C15H28N2O3/c1-4-15(5-2,13(18)19)10-17-14(20)16-9-12-8-6-7-11(12)3/h11-12H,4-10H2,1-3H3,(H,18,19)(H2,16,17,20). The Bertz CT molecular complexity index is 340. The van der Waals surface area contributed by atoms with Gasteiger partial charge in [-0.3, -0.25) is 4.79 Å². The minimum atomic E-state index is -0.849. The molecule has 0 heterocycles. The third-order valence-electron chi connectivity index (χ3n) is 4.96. The van der Waals surface area contributed by atoms with Crippen molar-refractivity contribution in [3.05, 3.63) is 0 Å². The summed E-state index contributed by atoms with van der Waals surface area (Å²) in [6.45, 7) is 6.78. The Kier molecular flexibility index (Phi) is 6.30. The lowest BCUT2D eigenvalue weighted by atomic mass is 9.82. The Labute approximate surface area is 121 Å². The van der Waals surface area contributed by atoms with Crippen molar-refractivity contribution >= 4 is 12.0 Å². The zero-order valence-corrected chi connectivity index (χ0v) is 12.9. The third-order valence-corrected chi connectivity index (χ3v) is 4.96. The van der Waals surface area contributed by atoms with E-state index in [2.05, 4.69) is 17.6 Å². The first-order valence-corrected chi connectivity index (χ1v) is 7.70. The van der Waals surface area contributed by atoms with Crippen molar-refractivity contribution in [3.8, 4) is 0 Å². The van der Waals surface area contributed by atoms with Crippen molar-refractivity contribution in [2.24, 2.45) is 17.3 Å². The van der Waals surface area contributed by atoms with Gasteiger partial charge < -0.3 is 15.7 Å². The van der Waals surface area contributed by atoms with E-state index in [0.29, 0.717) is 31.2 Å². The van der Waals surface area contributed by atoms with Crippen molar-refractivity contribution in [2.75, 3.05) is 13.1 Å². The zero-order valence-electron chi connectivity index (χ0n) is 12.9. The number of carboxylic acids is 1. The highest BCUT2D eigenvalue weighted by molar-refractivity contribution is 5.78. The summed E-state index contributed by atoms with van der Waals surface area (Å²) in [5, 5.41) is 14.9. The first kappa shape index (κ1) is 16.8. The number of aliphatic carboxylic acids is 1. The molecule has 2 atom stereocenters. The van der Waals surface area contributed by atoms with Gasteiger partial charge in [0.25, 0.3) is 0 Å². The summed E-state index contributed by atoms with van der Waals surface area (Å²) in [5.41, 5.74) is -0.849. The highest BCUT2D eigenvalue weighted by Crippen LogP contribution is 2.30. The van der Waals surface area contributed by atoms with Crippen molar-refractivity contribution in [1.29, 1.82) is 0 Å². The van der Waals surface area contributed by atoms with E-state index in [-0.39, 0.29) is 12.6 Å². The minimum Gasteiger partial charge on any atom is -0.481 e. The summed E-state index contributed by atoms with van der Waals surface area (Å²) in [5.74, 6) is 0.384. The van der Waals surface area contributed by atoms with Gasteiger partial charge in [-0.2, -0.15) is 0 Å². The molecule has 1 rings (SSSR count). The van der Waals surface area contributed by atoms with Gasteiger partial charge in [-0.15, -0.1) is 0 Å². The van der Waals surface area contributed by atoms with Gasteiger partial charge in [0.1, 0.15) is 0 Å². The van der Waals surface area contributed by atoms with Gasteiger partial charge in [0.2, 0.25) is 0 Å². The van der Waals surface area contributed by atoms with Crippen molar-refractivity contribution in [1.82, 2.24) is 10.6 Å². The predicted octanol–water partition coefficient (Wildman–Crippen LogP) is 2.61. The van der Waals surface area contributed by atoms with Crippen LogP contribution >= 0.6 is 0 Å². The number of hydrogen-bond acceptors (Lipinski definition) is 2. The molecule has 5 heteroatoms. The Morgan fingerprint density at radius 3 is 2.30 bits per heavy atom. The van der Waals surface area contributed by atoms with Crippen molar-refractivity contribution < 1.29 is 14.7 Å². The number of nitrogens with one attached hydrogen (secondary N) is 2. The molecule has 20 heavy (non-hydrogen) atoms. The fraction of sp³-hybridized carbons (Fsp3) is 0.867. The molecule has 116 valence electrons. The van der Waals surface area contributed by atoms with Gasteiger partial charge in [0, 0.05) is 13.1 Å². The average Bonchev–Trinajstić information content (AvgIpc) is 2.83. The molecule has 2 unspecified atom stereocenters. The third kappa shape index (κ3) is 4.12. The molecule has 0 saturated heterocycles. The van der Waals surface area contributed by atoms with Gasteiger partial charge in [0.05, 0.1) is 5.41 Å². The number of rotatable bonds is 7. The summed E-state index contributed by atoms with van der Waals surface area (Å²) in [6.07, 6.45) is 4.67. The molecule has 0 bridgehead atoms. The maximum atomic E-state index is 11.8. The number of hydrogen-bond donors (Lipinski definition) is 3. The second-order valence-electron chi connectivity index (χ2n) is 6.02. The van der Waals surface area contributed by atoms with Crippen LogP contribution in [0.3, 0.4) is 0 Å². The molecule has 0 aromatic heterocycles. The molecule has 2 amide bonds. The van der Waals surface area contributed by atoms with E-state index in [9.17, 15) is 14.7 Å². The molecule has 0 aromatic rings. The monoisotopic (exact) mass is 284 g/mol. The van der Waals surface area contributed by atoms with Crippen LogP contribution in [0.5, 0.6) is 0 Å². The molecule has 1 aliphatic carbocycles. The SMILES string of the molecule is CCC(CC)(CNC(=O)NCC1CCCC1C)C(=O)O. The Morgan fingerprint density at radius 2 is 1.85 bits per heavy atom. The van der Waals surface area contributed by atoms with Crippen LogP contribution in [0, 0.1) is 17.3 Å². The highest BCUT2D eigenvalue weighted by atomic mass is 16.4.